The lowest BCUT2D eigenvalue weighted by molar-refractivity contribution is 0.354. The third-order valence-electron chi connectivity index (χ3n) is 4.80. The molecule has 0 saturated heterocycles. The van der Waals surface area contributed by atoms with Crippen molar-refractivity contribution in [2.24, 2.45) is 0 Å². The molecule has 1 unspecified atom stereocenters. The molecule has 0 saturated carbocycles. The van der Waals surface area contributed by atoms with Gasteiger partial charge in [-0.05, 0) is 61.6 Å². The molecule has 0 amide bonds. The quantitative estimate of drug-likeness (QED) is 0.479. The Morgan fingerprint density at radius 2 is 1.89 bits per heavy atom. The van der Waals surface area contributed by atoms with Crippen molar-refractivity contribution >= 4 is 23.1 Å². The first-order chi connectivity index (χ1) is 13.0. The van der Waals surface area contributed by atoms with Crippen molar-refractivity contribution < 1.29 is 9.47 Å². The fourth-order valence-electron chi connectivity index (χ4n) is 3.29. The monoisotopic (exact) mass is 402 g/mol. The third-order valence-corrected chi connectivity index (χ3v) is 7.21. The minimum Gasteiger partial charge on any atom is -0.493 e. The molecule has 1 aromatic carbocycles. The number of nitrogens with one attached hydrogen (secondary N) is 1. The van der Waals surface area contributed by atoms with Crippen molar-refractivity contribution in [3.63, 3.8) is 0 Å². The topological polar surface area (TPSA) is 47.1 Å². The van der Waals surface area contributed by atoms with Crippen LogP contribution in [0.5, 0.6) is 11.5 Å². The summed E-state index contributed by atoms with van der Waals surface area (Å²) in [4.78, 5) is 10.3. The normalized spacial score (nSPS) is 12.2. The van der Waals surface area contributed by atoms with E-state index in [0.29, 0.717) is 0 Å². The second kappa shape index (κ2) is 8.40. The highest BCUT2D eigenvalue weighted by Crippen LogP contribution is 2.47. The summed E-state index contributed by atoms with van der Waals surface area (Å²) in [6.07, 6.45) is 4.65. The molecule has 3 aromatic rings. The van der Waals surface area contributed by atoms with E-state index in [4.69, 9.17) is 9.47 Å². The first kappa shape index (κ1) is 19.8. The first-order valence-corrected chi connectivity index (χ1v) is 10.7. The number of rotatable bonds is 7. The van der Waals surface area contributed by atoms with Gasteiger partial charge in [0.1, 0.15) is 0 Å². The molecule has 1 atom stereocenters. The van der Waals surface area contributed by atoms with E-state index in [0.717, 1.165) is 23.1 Å². The number of aromatic amines is 1. The Morgan fingerprint density at radius 3 is 2.48 bits per heavy atom. The molecule has 4 nitrogen and oxygen atoms in total. The largest absolute Gasteiger partial charge is 0.493 e. The molecule has 0 fully saturated rings. The highest BCUT2D eigenvalue weighted by Gasteiger charge is 2.23. The zero-order valence-electron chi connectivity index (χ0n) is 16.7. The summed E-state index contributed by atoms with van der Waals surface area (Å²) in [5.74, 6) is 1.52. The van der Waals surface area contributed by atoms with Crippen molar-refractivity contribution in [1.82, 2.24) is 9.97 Å². The summed E-state index contributed by atoms with van der Waals surface area (Å²) in [5, 5.41) is 1.12. The van der Waals surface area contributed by atoms with Gasteiger partial charge in [-0.3, -0.25) is 0 Å². The number of methoxy groups -OCH3 is 2. The summed E-state index contributed by atoms with van der Waals surface area (Å²) in [7, 11) is 3.37. The van der Waals surface area contributed by atoms with Gasteiger partial charge in [0.25, 0.3) is 0 Å². The van der Waals surface area contributed by atoms with Crippen LogP contribution < -0.4 is 9.47 Å². The number of aromatic nitrogens is 2. The first-order valence-electron chi connectivity index (χ1n) is 9.01. The van der Waals surface area contributed by atoms with Gasteiger partial charge in [-0.15, -0.1) is 11.3 Å². The molecular weight excluding hydrogens is 376 g/mol. The number of hydrogen-bond donors (Lipinski definition) is 1. The summed E-state index contributed by atoms with van der Waals surface area (Å²) in [6.45, 7) is 8.84. The number of hydrogen-bond acceptors (Lipinski definition) is 5. The third kappa shape index (κ3) is 3.87. The van der Waals surface area contributed by atoms with Crippen LogP contribution in [-0.4, -0.2) is 24.2 Å². The maximum atomic E-state index is 5.61. The van der Waals surface area contributed by atoms with Crippen LogP contribution in [0.25, 0.3) is 11.1 Å². The molecule has 27 heavy (non-hydrogen) atoms. The fraction of sp³-hybridized carbons (Fsp3) is 0.381. The van der Waals surface area contributed by atoms with Crippen LogP contribution in [0.1, 0.15) is 40.0 Å². The Kier molecular flexibility index (Phi) is 6.17. The standard InChI is InChI=1S/C21H26N2O2S2/c1-7-19-20(12(2)13(3)26-19)16-11-18(25-6)17(24-5)10-15(16)14(4)27-21-22-8-9-23-21/h8-11,14H,7H2,1-6H3,(H,22,23). The maximum absolute atomic E-state index is 5.61. The van der Waals surface area contributed by atoms with Gasteiger partial charge in [0.05, 0.1) is 14.2 Å². The van der Waals surface area contributed by atoms with Crippen LogP contribution in [-0.2, 0) is 6.42 Å². The summed E-state index contributed by atoms with van der Waals surface area (Å²) < 4.78 is 11.2. The van der Waals surface area contributed by atoms with Crippen molar-refractivity contribution in [1.29, 1.82) is 0 Å². The number of thiophene rings is 1. The van der Waals surface area contributed by atoms with Crippen molar-refractivity contribution in [2.75, 3.05) is 14.2 Å². The molecule has 0 bridgehead atoms. The van der Waals surface area contributed by atoms with Crippen LogP contribution in [0, 0.1) is 13.8 Å². The van der Waals surface area contributed by atoms with Gasteiger partial charge in [0, 0.05) is 27.4 Å². The molecule has 0 radical (unpaired) electrons. The van der Waals surface area contributed by atoms with Crippen LogP contribution in [0.15, 0.2) is 29.7 Å². The number of H-pyrrole nitrogens is 1. The molecule has 144 valence electrons. The lowest BCUT2D eigenvalue weighted by Gasteiger charge is -2.20. The summed E-state index contributed by atoms with van der Waals surface area (Å²) in [5.41, 5.74) is 5.13. The van der Waals surface area contributed by atoms with Crippen LogP contribution in [0.2, 0.25) is 0 Å². The van der Waals surface area contributed by atoms with Crippen molar-refractivity contribution in [3.05, 3.63) is 45.4 Å². The average molecular weight is 403 g/mol. The second-order valence-corrected chi connectivity index (χ2v) is 9.02. The van der Waals surface area contributed by atoms with Crippen LogP contribution in [0.4, 0.5) is 0 Å². The molecular formula is C21H26N2O2S2. The molecule has 2 heterocycles. The highest BCUT2D eigenvalue weighted by molar-refractivity contribution is 7.99. The maximum Gasteiger partial charge on any atom is 0.165 e. The lowest BCUT2D eigenvalue weighted by atomic mass is 9.93. The van der Waals surface area contributed by atoms with Gasteiger partial charge >= 0.3 is 0 Å². The Bertz CT molecular complexity index is 917. The molecule has 6 heteroatoms. The summed E-state index contributed by atoms with van der Waals surface area (Å²) >= 11 is 3.60. The SMILES string of the molecule is CCc1sc(C)c(C)c1-c1cc(OC)c(OC)cc1C(C)Sc1ncc[nH]1. The smallest absolute Gasteiger partial charge is 0.165 e. The van der Waals surface area contributed by atoms with E-state index < -0.39 is 0 Å². The van der Waals surface area contributed by atoms with Crippen LogP contribution in [0.3, 0.4) is 0 Å². The number of nitrogens with zero attached hydrogens (tertiary/aromatic N) is 1. The predicted octanol–water partition coefficient (Wildman–Crippen LogP) is 6.19. The highest BCUT2D eigenvalue weighted by atomic mass is 32.2. The number of thioether (sulfide) groups is 1. The molecule has 0 aliphatic carbocycles. The fourth-order valence-corrected chi connectivity index (χ4v) is 5.34. The number of aryl methyl sites for hydroxylation is 2. The van der Waals surface area contributed by atoms with E-state index in [-0.39, 0.29) is 5.25 Å². The van der Waals surface area contributed by atoms with E-state index in [2.05, 4.69) is 49.8 Å². The van der Waals surface area contributed by atoms with E-state index in [1.54, 1.807) is 32.2 Å². The zero-order chi connectivity index (χ0) is 19.6. The predicted molar refractivity (Wildman–Crippen MR) is 115 cm³/mol. The Labute approximate surface area is 169 Å². The van der Waals surface area contributed by atoms with E-state index in [1.165, 1.54) is 32.0 Å². The molecule has 0 aliphatic heterocycles. The van der Waals surface area contributed by atoms with Crippen molar-refractivity contribution in [2.45, 2.75) is 44.5 Å². The van der Waals surface area contributed by atoms with Gasteiger partial charge in [0.15, 0.2) is 16.7 Å². The summed E-state index contributed by atoms with van der Waals surface area (Å²) in [6, 6.07) is 4.24. The molecule has 0 aliphatic rings. The minimum absolute atomic E-state index is 0.204. The number of imidazole rings is 1. The number of benzene rings is 1. The minimum atomic E-state index is 0.204. The lowest BCUT2D eigenvalue weighted by Crippen LogP contribution is -2.00. The molecule has 0 spiro atoms. The van der Waals surface area contributed by atoms with Gasteiger partial charge in [-0.2, -0.15) is 0 Å². The van der Waals surface area contributed by atoms with E-state index >= 15 is 0 Å². The molecule has 3 rings (SSSR count). The second-order valence-electron chi connectivity index (χ2n) is 6.38. The zero-order valence-corrected chi connectivity index (χ0v) is 18.3. The van der Waals surface area contributed by atoms with Gasteiger partial charge in [-0.1, -0.05) is 18.7 Å². The van der Waals surface area contributed by atoms with Gasteiger partial charge in [0.2, 0.25) is 0 Å². The van der Waals surface area contributed by atoms with Crippen LogP contribution >= 0.6 is 23.1 Å². The molecule has 1 N–H and O–H groups in total. The Hall–Kier alpha value is -1.92. The van der Waals surface area contributed by atoms with E-state index in [9.17, 15) is 0 Å². The number of ether oxygens (including phenoxy) is 2. The Balaban J connectivity index is 2.19. The van der Waals surface area contributed by atoms with Gasteiger partial charge < -0.3 is 14.5 Å². The van der Waals surface area contributed by atoms with E-state index in [1.807, 2.05) is 17.5 Å². The van der Waals surface area contributed by atoms with Crippen molar-refractivity contribution in [3.8, 4) is 22.6 Å². The Morgan fingerprint density at radius 1 is 1.19 bits per heavy atom. The average Bonchev–Trinajstić information content (AvgIpc) is 3.28. The van der Waals surface area contributed by atoms with Gasteiger partial charge in [-0.25, -0.2) is 4.98 Å². The molecule has 2 aromatic heterocycles.